The van der Waals surface area contributed by atoms with Gasteiger partial charge in [-0.15, -0.1) is 0 Å². The number of carbonyl (C=O) groups is 1. The van der Waals surface area contributed by atoms with Crippen LogP contribution < -0.4 is 10.0 Å². The first-order chi connectivity index (χ1) is 14.3. The number of sulfonamides is 1. The van der Waals surface area contributed by atoms with Gasteiger partial charge in [-0.2, -0.15) is 0 Å². The van der Waals surface area contributed by atoms with Crippen LogP contribution in [0.15, 0.2) is 57.9 Å². The molecule has 0 saturated carbocycles. The van der Waals surface area contributed by atoms with Crippen LogP contribution in [0.5, 0.6) is 0 Å². The van der Waals surface area contributed by atoms with Gasteiger partial charge in [-0.05, 0) is 61.7 Å². The molecule has 0 aromatic heterocycles. The molecule has 0 spiro atoms. The Morgan fingerprint density at radius 1 is 1.13 bits per heavy atom. The smallest absolute Gasteiger partial charge is 0.240 e. The summed E-state index contributed by atoms with van der Waals surface area (Å²) in [7, 11) is -2.06. The lowest BCUT2D eigenvalue weighted by atomic mass is 9.74. The van der Waals surface area contributed by atoms with Gasteiger partial charge in [-0.1, -0.05) is 40.2 Å². The van der Waals surface area contributed by atoms with E-state index in [0.717, 1.165) is 22.9 Å². The van der Waals surface area contributed by atoms with Crippen LogP contribution in [-0.4, -0.2) is 41.1 Å². The summed E-state index contributed by atoms with van der Waals surface area (Å²) in [4.78, 5) is 12.7. The second-order valence-electron chi connectivity index (χ2n) is 7.53. The standard InChI is InChI=1S/C22H27BrN2O4S/c1-24-30(27,28)20-8-5-17(6-9-20)7-10-21(26)25-16-22(11-13-29-14-12-22)18-3-2-4-19(23)15-18/h2-6,8-9,15,24H,7,10-14,16H2,1H3,(H,25,26). The Balaban J connectivity index is 1.58. The molecule has 0 unspecified atom stereocenters. The van der Waals surface area contributed by atoms with Crippen LogP contribution in [0.25, 0.3) is 0 Å². The van der Waals surface area contributed by atoms with Crippen LogP contribution in [0.2, 0.25) is 0 Å². The summed E-state index contributed by atoms with van der Waals surface area (Å²) in [5.41, 5.74) is 2.01. The van der Waals surface area contributed by atoms with Gasteiger partial charge in [0.1, 0.15) is 0 Å². The van der Waals surface area contributed by atoms with Gasteiger partial charge < -0.3 is 10.1 Å². The van der Waals surface area contributed by atoms with Crippen LogP contribution in [0.1, 0.15) is 30.4 Å². The van der Waals surface area contributed by atoms with E-state index in [1.54, 1.807) is 24.3 Å². The molecule has 30 heavy (non-hydrogen) atoms. The largest absolute Gasteiger partial charge is 0.381 e. The fraction of sp³-hybridized carbons (Fsp3) is 0.409. The summed E-state index contributed by atoms with van der Waals surface area (Å²) in [5, 5.41) is 3.11. The van der Waals surface area contributed by atoms with Crippen LogP contribution >= 0.6 is 15.9 Å². The summed E-state index contributed by atoms with van der Waals surface area (Å²) in [6, 6.07) is 14.9. The Labute approximate surface area is 186 Å². The van der Waals surface area contributed by atoms with Crippen molar-refractivity contribution in [2.75, 3.05) is 26.8 Å². The first-order valence-electron chi connectivity index (χ1n) is 9.98. The predicted molar refractivity (Wildman–Crippen MR) is 120 cm³/mol. The van der Waals surface area contributed by atoms with E-state index in [9.17, 15) is 13.2 Å². The molecule has 162 valence electrons. The molecule has 0 atom stereocenters. The zero-order chi connectivity index (χ0) is 21.6. The zero-order valence-corrected chi connectivity index (χ0v) is 19.4. The molecule has 1 fully saturated rings. The zero-order valence-electron chi connectivity index (χ0n) is 17.0. The van der Waals surface area contributed by atoms with Crippen molar-refractivity contribution in [3.8, 4) is 0 Å². The Morgan fingerprint density at radius 2 is 1.83 bits per heavy atom. The molecule has 1 aliphatic heterocycles. The molecule has 1 aliphatic rings. The summed E-state index contributed by atoms with van der Waals surface area (Å²) >= 11 is 3.55. The molecular formula is C22H27BrN2O4S. The molecular weight excluding hydrogens is 468 g/mol. The van der Waals surface area contributed by atoms with Gasteiger partial charge in [0.2, 0.25) is 15.9 Å². The van der Waals surface area contributed by atoms with Gasteiger partial charge >= 0.3 is 0 Å². The average Bonchev–Trinajstić information content (AvgIpc) is 2.77. The first-order valence-corrected chi connectivity index (χ1v) is 12.3. The molecule has 8 heteroatoms. The van der Waals surface area contributed by atoms with E-state index in [0.29, 0.717) is 32.6 Å². The maximum Gasteiger partial charge on any atom is 0.240 e. The Hall–Kier alpha value is -1.74. The Kier molecular flexibility index (Phi) is 7.68. The quantitative estimate of drug-likeness (QED) is 0.590. The van der Waals surface area contributed by atoms with Crippen molar-refractivity contribution in [3.05, 3.63) is 64.1 Å². The highest BCUT2D eigenvalue weighted by Gasteiger charge is 2.34. The van der Waals surface area contributed by atoms with Crippen molar-refractivity contribution >= 4 is 31.9 Å². The number of amides is 1. The lowest BCUT2D eigenvalue weighted by Gasteiger charge is -2.38. The molecule has 2 aromatic rings. The molecule has 2 aromatic carbocycles. The fourth-order valence-corrected chi connectivity index (χ4v) is 4.84. The summed E-state index contributed by atoms with van der Waals surface area (Å²) in [6.45, 7) is 1.94. The van der Waals surface area contributed by atoms with Crippen LogP contribution in [-0.2, 0) is 31.4 Å². The molecule has 0 aliphatic carbocycles. The summed E-state index contributed by atoms with van der Waals surface area (Å²) in [5.74, 6) is -0.0113. The number of ether oxygens (including phenoxy) is 1. The molecule has 1 amide bonds. The normalized spacial score (nSPS) is 16.2. The first kappa shape index (κ1) is 22.9. The highest BCUT2D eigenvalue weighted by atomic mass is 79.9. The van der Waals surface area contributed by atoms with E-state index in [-0.39, 0.29) is 16.2 Å². The Morgan fingerprint density at radius 3 is 2.47 bits per heavy atom. The topological polar surface area (TPSA) is 84.5 Å². The number of hydrogen-bond acceptors (Lipinski definition) is 4. The van der Waals surface area contributed by atoms with E-state index >= 15 is 0 Å². The van der Waals surface area contributed by atoms with Gasteiger partial charge in [0.15, 0.2) is 0 Å². The minimum atomic E-state index is -3.45. The number of halogens is 1. The SMILES string of the molecule is CNS(=O)(=O)c1ccc(CCC(=O)NCC2(c3cccc(Br)c3)CCOCC2)cc1. The van der Waals surface area contributed by atoms with Gasteiger partial charge in [0.25, 0.3) is 0 Å². The van der Waals surface area contributed by atoms with Crippen LogP contribution in [0.3, 0.4) is 0 Å². The van der Waals surface area contributed by atoms with Gasteiger partial charge in [-0.25, -0.2) is 13.1 Å². The lowest BCUT2D eigenvalue weighted by Crippen LogP contribution is -2.44. The highest BCUT2D eigenvalue weighted by molar-refractivity contribution is 9.10. The van der Waals surface area contributed by atoms with Crippen molar-refractivity contribution in [2.24, 2.45) is 0 Å². The highest BCUT2D eigenvalue weighted by Crippen LogP contribution is 2.35. The number of aryl methyl sites for hydroxylation is 1. The Bertz CT molecular complexity index is 971. The van der Waals surface area contributed by atoms with E-state index in [2.05, 4.69) is 38.1 Å². The number of rotatable bonds is 8. The van der Waals surface area contributed by atoms with E-state index < -0.39 is 10.0 Å². The summed E-state index contributed by atoms with van der Waals surface area (Å²) < 4.78 is 32.5. The number of hydrogen-bond donors (Lipinski definition) is 2. The number of carbonyl (C=O) groups excluding carboxylic acids is 1. The third-order valence-corrected chi connectivity index (χ3v) is 7.58. The van der Waals surface area contributed by atoms with Crippen molar-refractivity contribution in [1.82, 2.24) is 10.0 Å². The fourth-order valence-electron chi connectivity index (χ4n) is 3.72. The minimum Gasteiger partial charge on any atom is -0.381 e. The number of benzene rings is 2. The van der Waals surface area contributed by atoms with Crippen molar-refractivity contribution in [2.45, 2.75) is 36.0 Å². The summed E-state index contributed by atoms with van der Waals surface area (Å²) in [6.07, 6.45) is 2.64. The molecule has 0 radical (unpaired) electrons. The monoisotopic (exact) mass is 494 g/mol. The lowest BCUT2D eigenvalue weighted by molar-refractivity contribution is -0.121. The van der Waals surface area contributed by atoms with Gasteiger partial charge in [0, 0.05) is 36.1 Å². The molecule has 3 rings (SSSR count). The maximum absolute atomic E-state index is 12.5. The van der Waals surface area contributed by atoms with Crippen molar-refractivity contribution in [1.29, 1.82) is 0 Å². The van der Waals surface area contributed by atoms with Crippen molar-refractivity contribution < 1.29 is 17.9 Å². The average molecular weight is 495 g/mol. The third kappa shape index (κ3) is 5.69. The maximum atomic E-state index is 12.5. The molecule has 6 nitrogen and oxygen atoms in total. The molecule has 0 bridgehead atoms. The van der Waals surface area contributed by atoms with E-state index in [1.165, 1.54) is 12.6 Å². The second-order valence-corrected chi connectivity index (χ2v) is 10.3. The van der Waals surface area contributed by atoms with E-state index in [4.69, 9.17) is 4.74 Å². The van der Waals surface area contributed by atoms with Gasteiger partial charge in [-0.3, -0.25) is 4.79 Å². The molecule has 2 N–H and O–H groups in total. The predicted octanol–water partition coefficient (Wildman–Crippen LogP) is 3.15. The third-order valence-electron chi connectivity index (χ3n) is 5.65. The minimum absolute atomic E-state index is 0.0113. The van der Waals surface area contributed by atoms with Crippen LogP contribution in [0.4, 0.5) is 0 Å². The second kappa shape index (κ2) is 10.0. The van der Waals surface area contributed by atoms with E-state index in [1.807, 2.05) is 12.1 Å². The van der Waals surface area contributed by atoms with Crippen LogP contribution in [0, 0.1) is 0 Å². The van der Waals surface area contributed by atoms with Crippen molar-refractivity contribution in [3.63, 3.8) is 0 Å². The molecule has 1 heterocycles. The molecule has 1 saturated heterocycles. The van der Waals surface area contributed by atoms with Gasteiger partial charge in [0.05, 0.1) is 4.90 Å². The number of nitrogens with one attached hydrogen (secondary N) is 2.